The summed E-state index contributed by atoms with van der Waals surface area (Å²) in [7, 11) is 4.21. The van der Waals surface area contributed by atoms with Gasteiger partial charge in [0.25, 0.3) is 0 Å². The summed E-state index contributed by atoms with van der Waals surface area (Å²) < 4.78 is 12.9. The molecule has 27 heavy (non-hydrogen) atoms. The summed E-state index contributed by atoms with van der Waals surface area (Å²) in [5.74, 6) is 0.664. The standard InChI is InChI=1S/C24H25NO2/c1-25(2)17-9-10-19-15-16-22-23(18-19)27-24(26-22,20-11-5-3-6-12-20)21-13-7-4-8-14-21/h3-8,11-16,18H,9-10,17H2,1-2H3. The van der Waals surface area contributed by atoms with Gasteiger partial charge in [-0.25, -0.2) is 0 Å². The zero-order valence-electron chi connectivity index (χ0n) is 15.9. The first-order valence-corrected chi connectivity index (χ1v) is 9.44. The van der Waals surface area contributed by atoms with Gasteiger partial charge in [-0.15, -0.1) is 0 Å². The lowest BCUT2D eigenvalue weighted by Crippen LogP contribution is -2.36. The number of fused-ring (bicyclic) bond motifs is 1. The van der Waals surface area contributed by atoms with E-state index in [4.69, 9.17) is 9.47 Å². The van der Waals surface area contributed by atoms with Crippen LogP contribution in [0.5, 0.6) is 11.5 Å². The zero-order valence-corrected chi connectivity index (χ0v) is 15.9. The Kier molecular flexibility index (Phi) is 4.87. The predicted molar refractivity (Wildman–Crippen MR) is 108 cm³/mol. The summed E-state index contributed by atoms with van der Waals surface area (Å²) >= 11 is 0. The van der Waals surface area contributed by atoms with E-state index in [9.17, 15) is 0 Å². The highest BCUT2D eigenvalue weighted by Gasteiger charge is 2.45. The molecule has 0 aliphatic carbocycles. The molecule has 0 N–H and O–H groups in total. The molecule has 0 atom stereocenters. The van der Waals surface area contributed by atoms with Crippen LogP contribution in [-0.2, 0) is 12.2 Å². The van der Waals surface area contributed by atoms with Gasteiger partial charge in [0.2, 0.25) is 0 Å². The van der Waals surface area contributed by atoms with Crippen LogP contribution < -0.4 is 9.47 Å². The van der Waals surface area contributed by atoms with E-state index in [0.29, 0.717) is 0 Å². The average Bonchev–Trinajstić information content (AvgIpc) is 3.09. The number of rotatable bonds is 6. The van der Waals surface area contributed by atoms with E-state index in [1.807, 2.05) is 42.5 Å². The third-order valence-corrected chi connectivity index (χ3v) is 4.89. The van der Waals surface area contributed by atoms with Crippen LogP contribution in [0.2, 0.25) is 0 Å². The molecular weight excluding hydrogens is 334 g/mol. The van der Waals surface area contributed by atoms with Crippen LogP contribution in [0.15, 0.2) is 78.9 Å². The van der Waals surface area contributed by atoms with Crippen LogP contribution in [0.4, 0.5) is 0 Å². The van der Waals surface area contributed by atoms with E-state index >= 15 is 0 Å². The van der Waals surface area contributed by atoms with Crippen molar-refractivity contribution in [3.63, 3.8) is 0 Å². The van der Waals surface area contributed by atoms with Gasteiger partial charge in [0.1, 0.15) is 0 Å². The first kappa shape index (κ1) is 17.6. The van der Waals surface area contributed by atoms with Crippen molar-refractivity contribution in [1.29, 1.82) is 0 Å². The van der Waals surface area contributed by atoms with Crippen molar-refractivity contribution >= 4 is 0 Å². The van der Waals surface area contributed by atoms with Gasteiger partial charge >= 0.3 is 5.79 Å². The molecule has 0 amide bonds. The molecule has 0 unspecified atom stereocenters. The third kappa shape index (κ3) is 3.56. The minimum atomic E-state index is -0.937. The van der Waals surface area contributed by atoms with Crippen molar-refractivity contribution in [1.82, 2.24) is 4.90 Å². The maximum Gasteiger partial charge on any atom is 0.305 e. The summed E-state index contributed by atoms with van der Waals surface area (Å²) in [5, 5.41) is 0. The molecule has 0 aromatic heterocycles. The van der Waals surface area contributed by atoms with Crippen molar-refractivity contribution in [2.24, 2.45) is 0 Å². The summed E-state index contributed by atoms with van der Waals surface area (Å²) in [5.41, 5.74) is 3.25. The fourth-order valence-corrected chi connectivity index (χ4v) is 3.52. The van der Waals surface area contributed by atoms with Crippen molar-refractivity contribution in [2.45, 2.75) is 18.6 Å². The van der Waals surface area contributed by atoms with Crippen LogP contribution in [-0.4, -0.2) is 25.5 Å². The lowest BCUT2D eigenvalue weighted by molar-refractivity contribution is -0.0459. The fourth-order valence-electron chi connectivity index (χ4n) is 3.52. The molecule has 3 nitrogen and oxygen atoms in total. The Balaban J connectivity index is 1.66. The van der Waals surface area contributed by atoms with E-state index < -0.39 is 5.79 Å². The quantitative estimate of drug-likeness (QED) is 0.628. The highest BCUT2D eigenvalue weighted by molar-refractivity contribution is 5.50. The van der Waals surface area contributed by atoms with Crippen LogP contribution in [0.3, 0.4) is 0 Å². The fraction of sp³-hybridized carbons (Fsp3) is 0.250. The Morgan fingerprint density at radius 3 is 1.93 bits per heavy atom. The van der Waals surface area contributed by atoms with Gasteiger partial charge < -0.3 is 14.4 Å². The minimum absolute atomic E-state index is 0.791. The van der Waals surface area contributed by atoms with Gasteiger partial charge in [0.15, 0.2) is 11.5 Å². The Morgan fingerprint density at radius 1 is 0.741 bits per heavy atom. The smallest absolute Gasteiger partial charge is 0.305 e. The summed E-state index contributed by atoms with van der Waals surface area (Å²) in [4.78, 5) is 2.21. The second kappa shape index (κ2) is 7.45. The first-order chi connectivity index (χ1) is 13.2. The highest BCUT2D eigenvalue weighted by atomic mass is 16.7. The first-order valence-electron chi connectivity index (χ1n) is 9.44. The number of hydrogen-bond donors (Lipinski definition) is 0. The van der Waals surface area contributed by atoms with Gasteiger partial charge in [-0.2, -0.15) is 0 Å². The molecule has 0 saturated carbocycles. The van der Waals surface area contributed by atoms with E-state index in [1.165, 1.54) is 5.56 Å². The number of aryl methyl sites for hydroxylation is 1. The molecule has 1 aliphatic rings. The van der Waals surface area contributed by atoms with Crippen molar-refractivity contribution in [2.75, 3.05) is 20.6 Å². The Morgan fingerprint density at radius 2 is 1.33 bits per heavy atom. The van der Waals surface area contributed by atoms with E-state index in [2.05, 4.69) is 55.4 Å². The normalized spacial score (nSPS) is 14.5. The Labute approximate surface area is 161 Å². The van der Waals surface area contributed by atoms with Gasteiger partial charge in [-0.05, 0) is 51.2 Å². The maximum absolute atomic E-state index is 6.50. The lowest BCUT2D eigenvalue weighted by atomic mass is 9.97. The van der Waals surface area contributed by atoms with E-state index in [0.717, 1.165) is 42.0 Å². The third-order valence-electron chi connectivity index (χ3n) is 4.89. The highest BCUT2D eigenvalue weighted by Crippen LogP contribution is 2.47. The summed E-state index contributed by atoms with van der Waals surface area (Å²) in [6.07, 6.45) is 2.15. The molecule has 0 radical (unpaired) electrons. The molecule has 0 saturated heterocycles. The number of nitrogens with zero attached hydrogens (tertiary/aromatic N) is 1. The van der Waals surface area contributed by atoms with Gasteiger partial charge in [-0.1, -0.05) is 66.7 Å². The maximum atomic E-state index is 6.50. The van der Waals surface area contributed by atoms with Crippen molar-refractivity contribution in [3.8, 4) is 11.5 Å². The van der Waals surface area contributed by atoms with Crippen molar-refractivity contribution < 1.29 is 9.47 Å². The molecule has 3 aromatic rings. The predicted octanol–water partition coefficient (Wildman–Crippen LogP) is 4.85. The van der Waals surface area contributed by atoms with Crippen LogP contribution in [0, 0.1) is 0 Å². The van der Waals surface area contributed by atoms with Gasteiger partial charge in [0.05, 0.1) is 0 Å². The molecule has 3 aromatic carbocycles. The molecule has 0 fully saturated rings. The molecule has 3 heteroatoms. The van der Waals surface area contributed by atoms with Crippen molar-refractivity contribution in [3.05, 3.63) is 95.6 Å². The Bertz CT molecular complexity index is 851. The average molecular weight is 359 g/mol. The topological polar surface area (TPSA) is 21.7 Å². The second-order valence-electron chi connectivity index (χ2n) is 7.24. The summed E-state index contributed by atoms with van der Waals surface area (Å²) in [6, 6.07) is 26.6. The van der Waals surface area contributed by atoms with E-state index in [1.54, 1.807) is 0 Å². The van der Waals surface area contributed by atoms with Gasteiger partial charge in [-0.3, -0.25) is 0 Å². The molecule has 1 heterocycles. The molecule has 4 rings (SSSR count). The second-order valence-corrected chi connectivity index (χ2v) is 7.24. The monoisotopic (exact) mass is 359 g/mol. The van der Waals surface area contributed by atoms with Crippen LogP contribution in [0.25, 0.3) is 0 Å². The zero-order chi connectivity index (χ0) is 18.7. The largest absolute Gasteiger partial charge is 0.440 e. The number of ether oxygens (including phenoxy) is 2. The van der Waals surface area contributed by atoms with Crippen LogP contribution in [0.1, 0.15) is 23.1 Å². The summed E-state index contributed by atoms with van der Waals surface area (Å²) in [6.45, 7) is 1.08. The number of benzene rings is 3. The number of hydrogen-bond acceptors (Lipinski definition) is 3. The van der Waals surface area contributed by atoms with Crippen LogP contribution >= 0.6 is 0 Å². The minimum Gasteiger partial charge on any atom is -0.440 e. The molecule has 0 spiro atoms. The lowest BCUT2D eigenvalue weighted by Gasteiger charge is -2.28. The van der Waals surface area contributed by atoms with Gasteiger partial charge in [0, 0.05) is 11.1 Å². The molecule has 0 bridgehead atoms. The molecule has 1 aliphatic heterocycles. The Hall–Kier alpha value is -2.78. The SMILES string of the molecule is CN(C)CCCc1ccc2c(c1)OC(c1ccccc1)(c1ccccc1)O2. The molecule has 138 valence electrons. The van der Waals surface area contributed by atoms with E-state index in [-0.39, 0.29) is 0 Å². The molecular formula is C24H25NO2.